The average molecular weight is 374 g/mol. The lowest BCUT2D eigenvalue weighted by Gasteiger charge is -2.09. The predicted octanol–water partition coefficient (Wildman–Crippen LogP) is 4.73. The van der Waals surface area contributed by atoms with Crippen molar-refractivity contribution in [2.24, 2.45) is 0 Å². The van der Waals surface area contributed by atoms with Gasteiger partial charge in [-0.3, -0.25) is 9.00 Å². The van der Waals surface area contributed by atoms with Crippen LogP contribution in [-0.4, -0.2) is 16.4 Å². The zero-order valence-electron chi connectivity index (χ0n) is 13.5. The molecule has 0 radical (unpaired) electrons. The maximum Gasteiger partial charge on any atom is 0.291 e. The summed E-state index contributed by atoms with van der Waals surface area (Å²) in [5.41, 5.74) is 2.16. The third-order valence-corrected chi connectivity index (χ3v) is 4.64. The van der Waals surface area contributed by atoms with Crippen LogP contribution in [0.4, 0.5) is 5.69 Å². The van der Waals surface area contributed by atoms with Crippen LogP contribution in [0.3, 0.4) is 0 Å². The van der Waals surface area contributed by atoms with Crippen LogP contribution >= 0.6 is 11.6 Å². The fraction of sp³-hybridized carbons (Fsp3) is 0.105. The second-order valence-electron chi connectivity index (χ2n) is 5.47. The smallest absolute Gasteiger partial charge is 0.291 e. The highest BCUT2D eigenvalue weighted by Crippen LogP contribution is 2.29. The maximum atomic E-state index is 12.5. The number of carbonyl (C=O) groups is 1. The lowest BCUT2D eigenvalue weighted by Crippen LogP contribution is -2.12. The molecule has 0 aliphatic heterocycles. The molecule has 0 aliphatic rings. The molecule has 1 N–H and O–H groups in total. The van der Waals surface area contributed by atoms with E-state index in [1.165, 1.54) is 0 Å². The van der Waals surface area contributed by atoms with Crippen LogP contribution < -0.4 is 5.32 Å². The van der Waals surface area contributed by atoms with E-state index in [0.29, 0.717) is 22.2 Å². The maximum absolute atomic E-state index is 12.5. The molecule has 0 aliphatic carbocycles. The SMILES string of the molecule is CS(=O)Cc1ccccc1NC(=O)c1ccc(-c2ccccc2Cl)o1. The Morgan fingerprint density at radius 2 is 1.80 bits per heavy atom. The topological polar surface area (TPSA) is 59.3 Å². The number of halogens is 1. The number of amides is 1. The molecule has 0 bridgehead atoms. The van der Waals surface area contributed by atoms with Gasteiger partial charge in [0.05, 0.1) is 10.8 Å². The highest BCUT2D eigenvalue weighted by atomic mass is 35.5. The lowest BCUT2D eigenvalue weighted by molar-refractivity contribution is 0.0997. The Hall–Kier alpha value is -2.37. The largest absolute Gasteiger partial charge is 0.451 e. The zero-order valence-corrected chi connectivity index (χ0v) is 15.1. The van der Waals surface area contributed by atoms with Gasteiger partial charge in [0.25, 0.3) is 5.91 Å². The molecule has 2 aromatic carbocycles. The summed E-state index contributed by atoms with van der Waals surface area (Å²) in [6.07, 6.45) is 1.63. The summed E-state index contributed by atoms with van der Waals surface area (Å²) < 4.78 is 17.1. The van der Waals surface area contributed by atoms with Crippen LogP contribution in [0, 0.1) is 0 Å². The number of carbonyl (C=O) groups excluding carboxylic acids is 1. The van der Waals surface area contributed by atoms with Crippen molar-refractivity contribution < 1.29 is 13.4 Å². The van der Waals surface area contributed by atoms with Crippen LogP contribution in [0.5, 0.6) is 0 Å². The van der Waals surface area contributed by atoms with Crippen molar-refractivity contribution >= 4 is 34.0 Å². The molecule has 0 fully saturated rings. The van der Waals surface area contributed by atoms with Crippen LogP contribution in [0.1, 0.15) is 16.1 Å². The molecular weight excluding hydrogens is 358 g/mol. The molecule has 0 saturated carbocycles. The van der Waals surface area contributed by atoms with Gasteiger partial charge in [0, 0.05) is 28.3 Å². The van der Waals surface area contributed by atoms with Crippen molar-refractivity contribution in [3.63, 3.8) is 0 Å². The van der Waals surface area contributed by atoms with Gasteiger partial charge in [-0.2, -0.15) is 0 Å². The number of nitrogens with one attached hydrogen (secondary N) is 1. The molecule has 3 rings (SSSR count). The van der Waals surface area contributed by atoms with Gasteiger partial charge in [0.2, 0.25) is 0 Å². The van der Waals surface area contributed by atoms with Crippen molar-refractivity contribution in [1.82, 2.24) is 0 Å². The Balaban J connectivity index is 1.82. The van der Waals surface area contributed by atoms with E-state index in [2.05, 4.69) is 5.32 Å². The van der Waals surface area contributed by atoms with Crippen LogP contribution in [0.25, 0.3) is 11.3 Å². The quantitative estimate of drug-likeness (QED) is 0.703. The van der Waals surface area contributed by atoms with Gasteiger partial charge in [-0.15, -0.1) is 0 Å². The molecule has 1 unspecified atom stereocenters. The average Bonchev–Trinajstić information content (AvgIpc) is 3.06. The van der Waals surface area contributed by atoms with E-state index in [1.54, 1.807) is 30.5 Å². The molecule has 1 heterocycles. The third kappa shape index (κ3) is 4.18. The summed E-state index contributed by atoms with van der Waals surface area (Å²) in [5.74, 6) is 0.716. The van der Waals surface area contributed by atoms with Crippen LogP contribution in [0.2, 0.25) is 5.02 Å². The normalized spacial score (nSPS) is 11.9. The molecular formula is C19H16ClNO3S. The van der Waals surface area contributed by atoms with E-state index >= 15 is 0 Å². The van der Waals surface area contributed by atoms with Gasteiger partial charge in [-0.25, -0.2) is 0 Å². The molecule has 25 heavy (non-hydrogen) atoms. The first kappa shape index (κ1) is 17.5. The van der Waals surface area contributed by atoms with E-state index in [1.807, 2.05) is 36.4 Å². The van der Waals surface area contributed by atoms with E-state index in [9.17, 15) is 9.00 Å². The van der Waals surface area contributed by atoms with Gasteiger partial charge in [0.1, 0.15) is 5.76 Å². The Kier molecular flexibility index (Phi) is 5.36. The van der Waals surface area contributed by atoms with E-state index < -0.39 is 10.8 Å². The van der Waals surface area contributed by atoms with E-state index in [-0.39, 0.29) is 11.7 Å². The highest BCUT2D eigenvalue weighted by molar-refractivity contribution is 7.83. The van der Waals surface area contributed by atoms with Crippen molar-refractivity contribution in [3.05, 3.63) is 77.0 Å². The Labute approximate surface area is 153 Å². The summed E-state index contributed by atoms with van der Waals surface area (Å²) in [5, 5.41) is 3.37. The van der Waals surface area contributed by atoms with Crippen LogP contribution in [-0.2, 0) is 16.6 Å². The van der Waals surface area contributed by atoms with Gasteiger partial charge < -0.3 is 9.73 Å². The van der Waals surface area contributed by atoms with E-state index in [4.69, 9.17) is 16.0 Å². The lowest BCUT2D eigenvalue weighted by atomic mass is 10.2. The Morgan fingerprint density at radius 3 is 2.56 bits per heavy atom. The summed E-state index contributed by atoms with van der Waals surface area (Å²) in [4.78, 5) is 12.5. The summed E-state index contributed by atoms with van der Waals surface area (Å²) in [6, 6.07) is 17.9. The van der Waals surface area contributed by atoms with Gasteiger partial charge in [-0.1, -0.05) is 41.9 Å². The molecule has 3 aromatic rings. The number of hydrogen-bond donors (Lipinski definition) is 1. The van der Waals surface area contributed by atoms with Gasteiger partial charge in [0.15, 0.2) is 5.76 Å². The number of furan rings is 1. The van der Waals surface area contributed by atoms with Gasteiger partial charge >= 0.3 is 0 Å². The van der Waals surface area contributed by atoms with E-state index in [0.717, 1.165) is 11.1 Å². The number of anilines is 1. The van der Waals surface area contributed by atoms with Crippen molar-refractivity contribution in [2.45, 2.75) is 5.75 Å². The van der Waals surface area contributed by atoms with Crippen molar-refractivity contribution in [3.8, 4) is 11.3 Å². The van der Waals surface area contributed by atoms with Crippen molar-refractivity contribution in [1.29, 1.82) is 0 Å². The first-order valence-corrected chi connectivity index (χ1v) is 9.69. The Morgan fingerprint density at radius 1 is 1.08 bits per heavy atom. The molecule has 0 spiro atoms. The molecule has 128 valence electrons. The second-order valence-corrected chi connectivity index (χ2v) is 7.31. The van der Waals surface area contributed by atoms with Crippen molar-refractivity contribution in [2.75, 3.05) is 11.6 Å². The number of benzene rings is 2. The number of para-hydroxylation sites is 1. The minimum atomic E-state index is -0.999. The third-order valence-electron chi connectivity index (χ3n) is 3.59. The molecule has 1 aromatic heterocycles. The van der Waals surface area contributed by atoms with Gasteiger partial charge in [-0.05, 0) is 35.9 Å². The Bertz CT molecular complexity index is 936. The number of hydrogen-bond acceptors (Lipinski definition) is 3. The summed E-state index contributed by atoms with van der Waals surface area (Å²) in [6.45, 7) is 0. The summed E-state index contributed by atoms with van der Waals surface area (Å²) in [7, 11) is -0.999. The number of rotatable bonds is 5. The highest BCUT2D eigenvalue weighted by Gasteiger charge is 2.15. The van der Waals surface area contributed by atoms with Crippen LogP contribution in [0.15, 0.2) is 65.1 Å². The monoisotopic (exact) mass is 373 g/mol. The second kappa shape index (κ2) is 7.68. The minimum absolute atomic E-state index is 0.183. The molecule has 6 heteroatoms. The zero-order chi connectivity index (χ0) is 17.8. The molecule has 0 saturated heterocycles. The first-order valence-electron chi connectivity index (χ1n) is 7.58. The molecule has 1 atom stereocenters. The first-order chi connectivity index (χ1) is 12.0. The summed E-state index contributed by atoms with van der Waals surface area (Å²) >= 11 is 6.16. The minimum Gasteiger partial charge on any atom is -0.451 e. The molecule has 1 amide bonds. The standard InChI is InChI=1S/C19H16ClNO3S/c1-25(23)12-13-6-2-5-9-16(13)21-19(22)18-11-10-17(24-18)14-7-3-4-8-15(14)20/h2-11H,12H2,1H3,(H,21,22). The fourth-order valence-electron chi connectivity index (χ4n) is 2.44. The molecule has 4 nitrogen and oxygen atoms in total. The predicted molar refractivity (Wildman–Crippen MR) is 101 cm³/mol. The fourth-order valence-corrected chi connectivity index (χ4v) is 3.36.